The molecule has 0 saturated carbocycles. The number of aliphatic imine (C=N–C) groups is 1. The van der Waals surface area contributed by atoms with Crippen LogP contribution in [0.5, 0.6) is 0 Å². The van der Waals surface area contributed by atoms with Crippen molar-refractivity contribution in [2.24, 2.45) is 22.7 Å². The first kappa shape index (κ1) is 31.6. The number of aliphatic hydroxyl groups is 2. The summed E-state index contributed by atoms with van der Waals surface area (Å²) in [6.07, 6.45) is -2.23. The summed E-state index contributed by atoms with van der Waals surface area (Å²) in [5, 5.41) is 26.0. The third kappa shape index (κ3) is 7.42. The van der Waals surface area contributed by atoms with Gasteiger partial charge in [-0.3, -0.25) is 9.59 Å². The fourth-order valence-corrected chi connectivity index (χ4v) is 6.20. The van der Waals surface area contributed by atoms with Gasteiger partial charge >= 0.3 is 0 Å². The minimum atomic E-state index is -1.41. The van der Waals surface area contributed by atoms with Crippen LogP contribution >= 0.6 is 0 Å². The average Bonchev–Trinajstić information content (AvgIpc) is 3.14. The highest BCUT2D eigenvalue weighted by molar-refractivity contribution is 5.80. The highest BCUT2D eigenvalue weighted by atomic mass is 16.7. The summed E-state index contributed by atoms with van der Waals surface area (Å²) in [5.74, 6) is -1.92. The lowest BCUT2D eigenvalue weighted by Crippen LogP contribution is -2.58. The Kier molecular flexibility index (Phi) is 10.3. The fourth-order valence-electron chi connectivity index (χ4n) is 6.20. The predicted molar refractivity (Wildman–Crippen MR) is 147 cm³/mol. The lowest BCUT2D eigenvalue weighted by Gasteiger charge is -2.45. The summed E-state index contributed by atoms with van der Waals surface area (Å²) in [5.41, 5.74) is -1.41. The number of hydrogen-bond donors (Lipinski definition) is 3. The van der Waals surface area contributed by atoms with Crippen molar-refractivity contribution in [2.45, 2.75) is 116 Å². The molecule has 10 atom stereocenters. The molecule has 3 aliphatic heterocycles. The van der Waals surface area contributed by atoms with Crippen molar-refractivity contribution in [3.8, 4) is 0 Å². The van der Waals surface area contributed by atoms with E-state index in [0.717, 1.165) is 6.42 Å². The molecule has 224 valence electrons. The summed E-state index contributed by atoms with van der Waals surface area (Å²) in [6, 6.07) is 0.557. The highest BCUT2D eigenvalue weighted by Crippen LogP contribution is 2.38. The van der Waals surface area contributed by atoms with Gasteiger partial charge < -0.3 is 39.5 Å². The average molecular weight is 555 g/mol. The molecular formula is C28H50N4O7. The van der Waals surface area contributed by atoms with Crippen LogP contribution in [0.3, 0.4) is 0 Å². The van der Waals surface area contributed by atoms with Crippen molar-refractivity contribution < 1.29 is 34.0 Å². The Morgan fingerprint density at radius 3 is 2.49 bits per heavy atom. The SMILES string of the molecule is CC(C)N=C1O[C@H]2[C@H](O[C@@H]3[C@@H](C)[C@H](O)[C@@H](C)C(=O)NCCC(=O)N(C)C[C@H](C)C[C@@]3(C)O)O[C@H](C)C[C@@H]2N1C. The summed E-state index contributed by atoms with van der Waals surface area (Å²) in [6.45, 7) is 13.7. The van der Waals surface area contributed by atoms with E-state index in [-0.39, 0.29) is 48.9 Å². The number of likely N-dealkylation sites (N-methyl/N-ethyl adjacent to an activating group) is 1. The molecule has 39 heavy (non-hydrogen) atoms. The van der Waals surface area contributed by atoms with E-state index < -0.39 is 42.0 Å². The summed E-state index contributed by atoms with van der Waals surface area (Å²) in [4.78, 5) is 33.7. The summed E-state index contributed by atoms with van der Waals surface area (Å²) >= 11 is 0. The molecule has 0 radical (unpaired) electrons. The Hall–Kier alpha value is -1.95. The highest BCUT2D eigenvalue weighted by Gasteiger charge is 2.52. The molecule has 0 aromatic carbocycles. The molecule has 0 spiro atoms. The summed E-state index contributed by atoms with van der Waals surface area (Å²) < 4.78 is 19.1. The maximum Gasteiger partial charge on any atom is 0.288 e. The third-order valence-electron chi connectivity index (χ3n) is 8.24. The van der Waals surface area contributed by atoms with E-state index in [1.54, 1.807) is 32.7 Å². The van der Waals surface area contributed by atoms with Crippen molar-refractivity contribution in [3.63, 3.8) is 0 Å². The lowest BCUT2D eigenvalue weighted by molar-refractivity contribution is -0.288. The van der Waals surface area contributed by atoms with E-state index in [4.69, 9.17) is 14.2 Å². The largest absolute Gasteiger partial charge is 0.454 e. The standard InChI is InChI=1S/C28H50N4O7/c1-15(2)30-27-32(9)20-12-17(4)37-26(23(20)38-27)39-24-18(5)22(34)19(6)25(35)29-11-10-21(33)31(8)14-16(3)13-28(24,7)36/h15-20,22-24,26,34,36H,10-14H2,1-9H3,(H,29,35)/t16-,17-,18+,19-,20+,22+,23-,24-,26+,28-/m1/s1. The number of hydrogen-bond acceptors (Lipinski definition) is 8. The van der Waals surface area contributed by atoms with E-state index >= 15 is 0 Å². The van der Waals surface area contributed by atoms with Gasteiger partial charge in [0.25, 0.3) is 6.02 Å². The molecule has 0 bridgehead atoms. The van der Waals surface area contributed by atoms with Crippen LogP contribution in [0, 0.1) is 17.8 Å². The second kappa shape index (κ2) is 12.7. The van der Waals surface area contributed by atoms with E-state index in [1.807, 2.05) is 39.6 Å². The first-order valence-corrected chi connectivity index (χ1v) is 14.3. The van der Waals surface area contributed by atoms with E-state index in [0.29, 0.717) is 19.0 Å². The van der Waals surface area contributed by atoms with E-state index in [2.05, 4.69) is 10.3 Å². The van der Waals surface area contributed by atoms with Gasteiger partial charge in [-0.1, -0.05) is 20.8 Å². The molecule has 11 nitrogen and oxygen atoms in total. The molecule has 0 aliphatic carbocycles. The second-order valence-corrected chi connectivity index (χ2v) is 12.5. The maximum atomic E-state index is 12.8. The van der Waals surface area contributed by atoms with Gasteiger partial charge in [0, 0.05) is 45.6 Å². The Labute approximate surface area is 233 Å². The zero-order valence-corrected chi connectivity index (χ0v) is 25.1. The monoisotopic (exact) mass is 554 g/mol. The second-order valence-electron chi connectivity index (χ2n) is 12.5. The van der Waals surface area contributed by atoms with Gasteiger partial charge in [0.05, 0.1) is 35.9 Å². The van der Waals surface area contributed by atoms with Crippen LogP contribution in [-0.2, 0) is 23.8 Å². The molecule has 3 N–H and O–H groups in total. The molecule has 2 amide bonds. The molecule has 0 aromatic rings. The van der Waals surface area contributed by atoms with Crippen LogP contribution in [0.15, 0.2) is 4.99 Å². The van der Waals surface area contributed by atoms with Crippen LogP contribution in [0.4, 0.5) is 0 Å². The maximum absolute atomic E-state index is 12.8. The zero-order chi connectivity index (χ0) is 29.2. The molecular weight excluding hydrogens is 504 g/mol. The minimum Gasteiger partial charge on any atom is -0.454 e. The third-order valence-corrected chi connectivity index (χ3v) is 8.24. The van der Waals surface area contributed by atoms with Crippen LogP contribution < -0.4 is 5.32 Å². The van der Waals surface area contributed by atoms with Gasteiger partial charge in [0.1, 0.15) is 0 Å². The van der Waals surface area contributed by atoms with Crippen LogP contribution in [0.2, 0.25) is 0 Å². The zero-order valence-electron chi connectivity index (χ0n) is 25.1. The number of amidine groups is 1. The number of carbonyl (C=O) groups excluding carboxylic acids is 2. The minimum absolute atomic E-state index is 0.0248. The van der Waals surface area contributed by atoms with Crippen LogP contribution in [-0.4, -0.2) is 113 Å². The van der Waals surface area contributed by atoms with Crippen molar-refractivity contribution in [1.82, 2.24) is 15.1 Å². The normalized spacial score (nSPS) is 42.3. The fraction of sp³-hybridized carbons (Fsp3) is 0.893. The topological polar surface area (TPSA) is 133 Å². The molecule has 3 heterocycles. The molecule has 0 unspecified atom stereocenters. The van der Waals surface area contributed by atoms with Crippen molar-refractivity contribution in [3.05, 3.63) is 0 Å². The van der Waals surface area contributed by atoms with Gasteiger partial charge in [-0.2, -0.15) is 0 Å². The number of fused-ring (bicyclic) bond motifs is 1. The molecule has 3 fully saturated rings. The first-order valence-electron chi connectivity index (χ1n) is 14.3. The molecule has 3 saturated heterocycles. The van der Waals surface area contributed by atoms with Crippen molar-refractivity contribution in [2.75, 3.05) is 27.2 Å². The van der Waals surface area contributed by atoms with Gasteiger partial charge in [-0.25, -0.2) is 4.99 Å². The van der Waals surface area contributed by atoms with Gasteiger partial charge in [-0.05, 0) is 46.5 Å². The van der Waals surface area contributed by atoms with Gasteiger partial charge in [0.2, 0.25) is 11.8 Å². The predicted octanol–water partition coefficient (Wildman–Crippen LogP) is 1.36. The number of carbonyl (C=O) groups is 2. The number of nitrogens with one attached hydrogen (secondary N) is 1. The lowest BCUT2D eigenvalue weighted by atomic mass is 9.77. The Morgan fingerprint density at radius 2 is 1.85 bits per heavy atom. The Morgan fingerprint density at radius 1 is 1.18 bits per heavy atom. The number of nitrogens with zero attached hydrogens (tertiary/aromatic N) is 3. The van der Waals surface area contributed by atoms with Crippen molar-refractivity contribution in [1.29, 1.82) is 0 Å². The quantitative estimate of drug-likeness (QED) is 0.476. The Balaban J connectivity index is 1.94. The Bertz CT molecular complexity index is 897. The van der Waals surface area contributed by atoms with Crippen LogP contribution in [0.25, 0.3) is 0 Å². The number of amides is 2. The summed E-state index contributed by atoms with van der Waals surface area (Å²) in [7, 11) is 3.68. The molecule has 3 rings (SSSR count). The molecule has 3 aliphatic rings. The number of rotatable bonds is 3. The molecule has 11 heteroatoms. The first-order chi connectivity index (χ1) is 18.1. The number of ether oxygens (including phenoxy) is 3. The van der Waals surface area contributed by atoms with Crippen molar-refractivity contribution >= 4 is 17.8 Å². The molecule has 0 aromatic heterocycles. The van der Waals surface area contributed by atoms with E-state index in [9.17, 15) is 19.8 Å². The smallest absolute Gasteiger partial charge is 0.288 e. The van der Waals surface area contributed by atoms with Crippen LogP contribution in [0.1, 0.15) is 67.7 Å². The van der Waals surface area contributed by atoms with Gasteiger partial charge in [-0.15, -0.1) is 0 Å². The van der Waals surface area contributed by atoms with E-state index in [1.165, 1.54) is 0 Å². The van der Waals surface area contributed by atoms with Gasteiger partial charge in [0.15, 0.2) is 12.4 Å². The number of aliphatic hydroxyl groups excluding tert-OH is 1.